The topological polar surface area (TPSA) is 81.8 Å². The van der Waals surface area contributed by atoms with Crippen LogP contribution in [0.15, 0.2) is 22.6 Å². The minimum atomic E-state index is -1.29. The molecule has 0 radical (unpaired) electrons. The molecule has 0 unspecified atom stereocenters. The molecule has 2 aliphatic carbocycles. The van der Waals surface area contributed by atoms with Crippen LogP contribution < -0.4 is 9.47 Å². The summed E-state index contributed by atoms with van der Waals surface area (Å²) >= 11 is 0. The third-order valence-electron chi connectivity index (χ3n) is 7.62. The van der Waals surface area contributed by atoms with Gasteiger partial charge in [0.2, 0.25) is 0 Å². The highest BCUT2D eigenvalue weighted by molar-refractivity contribution is 5.76. The van der Waals surface area contributed by atoms with E-state index in [4.69, 9.17) is 18.9 Å². The van der Waals surface area contributed by atoms with Crippen molar-refractivity contribution >= 4 is 5.97 Å². The quantitative estimate of drug-likeness (QED) is 0.391. The fraction of sp³-hybridized carbons (Fsp3) is 0.655. The predicted molar refractivity (Wildman–Crippen MR) is 135 cm³/mol. The lowest BCUT2D eigenvalue weighted by molar-refractivity contribution is -0.152. The van der Waals surface area contributed by atoms with Gasteiger partial charge in [0.1, 0.15) is 17.3 Å². The largest absolute Gasteiger partial charge is 0.493 e. The Morgan fingerprint density at radius 3 is 2.46 bits per heavy atom. The minimum Gasteiger partial charge on any atom is -0.493 e. The first-order valence-electron chi connectivity index (χ1n) is 13.5. The van der Waals surface area contributed by atoms with Crippen molar-refractivity contribution < 1.29 is 23.8 Å². The molecule has 0 bridgehead atoms. The van der Waals surface area contributed by atoms with E-state index in [-0.39, 0.29) is 0 Å². The number of aromatic nitrogens is 1. The van der Waals surface area contributed by atoms with Crippen LogP contribution in [-0.4, -0.2) is 28.3 Å². The van der Waals surface area contributed by atoms with E-state index in [1.54, 1.807) is 13.8 Å². The van der Waals surface area contributed by atoms with Gasteiger partial charge in [0.15, 0.2) is 11.5 Å². The normalized spacial score (nSPS) is 17.9. The average molecular weight is 484 g/mol. The SMILES string of the molecule is Cc1oc(C2CCCCC2)nc1CCOc1ccc(OC(C)(C)C(=O)O)c(CC2CCCCC2)c1. The molecule has 35 heavy (non-hydrogen) atoms. The molecule has 0 aliphatic heterocycles. The molecule has 0 amide bonds. The first-order chi connectivity index (χ1) is 16.8. The van der Waals surface area contributed by atoms with Gasteiger partial charge in [-0.3, -0.25) is 0 Å². The second kappa shape index (κ2) is 11.5. The van der Waals surface area contributed by atoms with Gasteiger partial charge < -0.3 is 19.0 Å². The van der Waals surface area contributed by atoms with Gasteiger partial charge in [-0.2, -0.15) is 0 Å². The molecule has 2 aromatic rings. The minimum absolute atomic E-state index is 0.460. The fourth-order valence-electron chi connectivity index (χ4n) is 5.40. The zero-order valence-electron chi connectivity index (χ0n) is 21.6. The van der Waals surface area contributed by atoms with Crippen LogP contribution in [0, 0.1) is 12.8 Å². The molecule has 2 fully saturated rings. The lowest BCUT2D eigenvalue weighted by Crippen LogP contribution is -2.38. The van der Waals surface area contributed by atoms with Gasteiger partial charge in [0.25, 0.3) is 0 Å². The summed E-state index contributed by atoms with van der Waals surface area (Å²) in [4.78, 5) is 16.4. The molecule has 6 nitrogen and oxygen atoms in total. The number of hydrogen-bond acceptors (Lipinski definition) is 5. The molecule has 1 aromatic carbocycles. The van der Waals surface area contributed by atoms with Gasteiger partial charge in [0.05, 0.1) is 12.3 Å². The highest BCUT2D eigenvalue weighted by atomic mass is 16.5. The van der Waals surface area contributed by atoms with Crippen LogP contribution in [0.3, 0.4) is 0 Å². The number of carboxylic acid groups (broad SMARTS) is 1. The van der Waals surface area contributed by atoms with E-state index < -0.39 is 11.6 Å². The van der Waals surface area contributed by atoms with Gasteiger partial charge in [-0.25, -0.2) is 9.78 Å². The highest BCUT2D eigenvalue weighted by Gasteiger charge is 2.31. The number of carboxylic acids is 1. The van der Waals surface area contributed by atoms with Crippen molar-refractivity contribution in [2.75, 3.05) is 6.61 Å². The number of hydrogen-bond donors (Lipinski definition) is 1. The maximum absolute atomic E-state index is 11.6. The zero-order chi connectivity index (χ0) is 24.8. The van der Waals surface area contributed by atoms with Crippen LogP contribution in [0.25, 0.3) is 0 Å². The molecule has 2 aliphatic rings. The average Bonchev–Trinajstić information content (AvgIpc) is 3.22. The van der Waals surface area contributed by atoms with Crippen molar-refractivity contribution in [1.29, 1.82) is 0 Å². The Hall–Kier alpha value is -2.50. The molecule has 0 atom stereocenters. The summed E-state index contributed by atoms with van der Waals surface area (Å²) in [6.07, 6.45) is 14.0. The van der Waals surface area contributed by atoms with Gasteiger partial charge in [-0.1, -0.05) is 51.4 Å². The summed E-state index contributed by atoms with van der Waals surface area (Å²) in [6.45, 7) is 5.69. The summed E-state index contributed by atoms with van der Waals surface area (Å²) in [6, 6.07) is 5.77. The molecule has 1 aromatic heterocycles. The van der Waals surface area contributed by atoms with Crippen molar-refractivity contribution in [2.24, 2.45) is 5.92 Å². The van der Waals surface area contributed by atoms with Crippen LogP contribution in [0.5, 0.6) is 11.5 Å². The smallest absolute Gasteiger partial charge is 0.347 e. The van der Waals surface area contributed by atoms with Crippen LogP contribution in [0.4, 0.5) is 0 Å². The van der Waals surface area contributed by atoms with E-state index in [0.29, 0.717) is 30.6 Å². The van der Waals surface area contributed by atoms with E-state index in [1.807, 2.05) is 25.1 Å². The van der Waals surface area contributed by atoms with Crippen LogP contribution in [0.2, 0.25) is 0 Å². The lowest BCUT2D eigenvalue weighted by atomic mass is 9.84. The summed E-state index contributed by atoms with van der Waals surface area (Å²) in [7, 11) is 0. The van der Waals surface area contributed by atoms with Gasteiger partial charge in [0, 0.05) is 12.3 Å². The van der Waals surface area contributed by atoms with Crippen molar-refractivity contribution in [3.63, 3.8) is 0 Å². The molecule has 1 heterocycles. The summed E-state index contributed by atoms with van der Waals surface area (Å²) in [5, 5.41) is 9.54. The zero-order valence-corrected chi connectivity index (χ0v) is 21.6. The predicted octanol–water partition coefficient (Wildman–Crippen LogP) is 7.02. The number of ether oxygens (including phenoxy) is 2. The number of nitrogens with zero attached hydrogens (tertiary/aromatic N) is 1. The van der Waals surface area contributed by atoms with Crippen LogP contribution in [-0.2, 0) is 17.6 Å². The lowest BCUT2D eigenvalue weighted by Gasteiger charge is -2.26. The van der Waals surface area contributed by atoms with Crippen molar-refractivity contribution in [3.05, 3.63) is 41.1 Å². The maximum Gasteiger partial charge on any atom is 0.347 e. The highest BCUT2D eigenvalue weighted by Crippen LogP contribution is 2.35. The summed E-state index contributed by atoms with van der Waals surface area (Å²) < 4.78 is 18.1. The molecule has 0 spiro atoms. The van der Waals surface area contributed by atoms with E-state index >= 15 is 0 Å². The summed E-state index contributed by atoms with van der Waals surface area (Å²) in [5.41, 5.74) is 0.724. The molecule has 2 saturated carbocycles. The van der Waals surface area contributed by atoms with Gasteiger partial charge >= 0.3 is 5.97 Å². The number of aryl methyl sites for hydroxylation is 1. The molecule has 6 heteroatoms. The Morgan fingerprint density at radius 2 is 1.77 bits per heavy atom. The number of oxazole rings is 1. The Bertz CT molecular complexity index is 983. The third kappa shape index (κ3) is 6.80. The first kappa shape index (κ1) is 25.6. The second-order valence-corrected chi connectivity index (χ2v) is 10.9. The standard InChI is InChI=1S/C29H41NO5/c1-20-25(30-27(34-20)22-12-8-5-9-13-22)16-17-33-24-14-15-26(35-29(2,3)28(31)32)23(19-24)18-21-10-6-4-7-11-21/h14-15,19,21-22H,4-13,16-18H2,1-3H3,(H,31,32). The van der Waals surface area contributed by atoms with Gasteiger partial charge in [-0.05, 0) is 69.7 Å². The monoisotopic (exact) mass is 483 g/mol. The summed E-state index contributed by atoms with van der Waals surface area (Å²) in [5.74, 6) is 3.30. The molecule has 1 N–H and O–H groups in total. The Labute approximate surface area is 209 Å². The van der Waals surface area contributed by atoms with E-state index in [1.165, 1.54) is 64.2 Å². The fourth-order valence-corrected chi connectivity index (χ4v) is 5.40. The first-order valence-corrected chi connectivity index (χ1v) is 13.5. The molecule has 192 valence electrons. The molecule has 4 rings (SSSR count). The molecule has 0 saturated heterocycles. The molecular formula is C29H41NO5. The van der Waals surface area contributed by atoms with Crippen molar-refractivity contribution in [3.8, 4) is 11.5 Å². The number of carbonyl (C=O) groups is 1. The number of aliphatic carboxylic acids is 1. The van der Waals surface area contributed by atoms with Crippen LogP contribution >= 0.6 is 0 Å². The van der Waals surface area contributed by atoms with E-state index in [2.05, 4.69) is 0 Å². The van der Waals surface area contributed by atoms with E-state index in [0.717, 1.165) is 35.1 Å². The maximum atomic E-state index is 11.6. The van der Waals surface area contributed by atoms with Crippen molar-refractivity contribution in [1.82, 2.24) is 4.98 Å². The van der Waals surface area contributed by atoms with Gasteiger partial charge in [-0.15, -0.1) is 0 Å². The Kier molecular flexibility index (Phi) is 8.40. The number of benzene rings is 1. The van der Waals surface area contributed by atoms with E-state index in [9.17, 15) is 9.90 Å². The Morgan fingerprint density at radius 1 is 1.09 bits per heavy atom. The Balaban J connectivity index is 1.42. The number of rotatable bonds is 10. The van der Waals surface area contributed by atoms with Crippen LogP contribution in [0.1, 0.15) is 107 Å². The second-order valence-electron chi connectivity index (χ2n) is 10.9. The molecular weight excluding hydrogens is 442 g/mol. The van der Waals surface area contributed by atoms with Crippen molar-refractivity contribution in [2.45, 2.75) is 109 Å². The third-order valence-corrected chi connectivity index (χ3v) is 7.62.